The summed E-state index contributed by atoms with van der Waals surface area (Å²) in [6.07, 6.45) is 7.11. The normalized spacial score (nSPS) is 9.97. The van der Waals surface area contributed by atoms with Gasteiger partial charge < -0.3 is 19.0 Å². The van der Waals surface area contributed by atoms with Crippen LogP contribution in [0.2, 0.25) is 0 Å². The van der Waals surface area contributed by atoms with E-state index in [1.54, 1.807) is 30.7 Å². The first-order valence-electron chi connectivity index (χ1n) is 11.9. The van der Waals surface area contributed by atoms with Gasteiger partial charge in [0.2, 0.25) is 5.88 Å². The second-order valence-corrected chi connectivity index (χ2v) is 8.03. The van der Waals surface area contributed by atoms with Crippen molar-refractivity contribution in [3.8, 4) is 45.8 Å². The molecule has 0 N–H and O–H groups in total. The SMILES string of the molecule is Cn1ccnc1-c1[c-]c(Oc2[c-]c(Oc3ccccn3)ccc2)ccc1.[Ir+3].[c-]1ccccc1-c1ccccn1. The first-order valence-corrected chi connectivity index (χ1v) is 11.9. The van der Waals surface area contributed by atoms with Gasteiger partial charge in [-0.2, -0.15) is 6.07 Å². The quantitative estimate of drug-likeness (QED) is 0.173. The summed E-state index contributed by atoms with van der Waals surface area (Å²) in [5, 5.41) is 0. The third kappa shape index (κ3) is 7.71. The molecular weight excluding hydrogens is 665 g/mol. The Morgan fingerprint density at radius 3 is 1.97 bits per heavy atom. The fraction of sp³-hybridized carbons (Fsp3) is 0.0312. The molecule has 3 heterocycles. The van der Waals surface area contributed by atoms with Crippen LogP contribution in [0.4, 0.5) is 0 Å². The predicted molar refractivity (Wildman–Crippen MR) is 146 cm³/mol. The third-order valence-electron chi connectivity index (χ3n) is 5.29. The standard InChI is InChI=1S/C21H15N3O2.C11H8N.Ir/c1-24-13-12-23-21(24)16-6-4-7-17(14-16)25-18-8-5-9-19(15-18)26-20-10-2-3-11-22-20;1-2-6-10(7-3-1)11-8-4-5-9-12-11;/h2-13H,1H3;1-6,8-9H;/q-2;-1;+3. The minimum Gasteiger partial charge on any atom is -0.503 e. The van der Waals surface area contributed by atoms with Gasteiger partial charge in [-0.15, -0.1) is 71.8 Å². The zero-order chi connectivity index (χ0) is 26.0. The first kappa shape index (κ1) is 27.5. The summed E-state index contributed by atoms with van der Waals surface area (Å²) in [5.41, 5.74) is 2.87. The molecular formula is C32H23IrN4O2. The van der Waals surface area contributed by atoms with E-state index in [9.17, 15) is 0 Å². The van der Waals surface area contributed by atoms with Gasteiger partial charge >= 0.3 is 20.1 Å². The number of nitrogens with zero attached hydrogens (tertiary/aromatic N) is 4. The fourth-order valence-corrected chi connectivity index (χ4v) is 3.52. The number of ether oxygens (including phenoxy) is 2. The second kappa shape index (κ2) is 13.8. The topological polar surface area (TPSA) is 62.1 Å². The van der Waals surface area contributed by atoms with E-state index < -0.39 is 0 Å². The van der Waals surface area contributed by atoms with Crippen molar-refractivity contribution in [1.29, 1.82) is 0 Å². The molecule has 192 valence electrons. The largest absolute Gasteiger partial charge is 3.00 e. The van der Waals surface area contributed by atoms with Crippen molar-refractivity contribution in [2.24, 2.45) is 7.05 Å². The molecule has 7 heteroatoms. The summed E-state index contributed by atoms with van der Waals surface area (Å²) in [6, 6.07) is 39.7. The van der Waals surface area contributed by atoms with E-state index in [0.29, 0.717) is 23.1 Å². The molecule has 0 amide bonds. The predicted octanol–water partition coefficient (Wildman–Crippen LogP) is 7.21. The molecule has 0 atom stereocenters. The summed E-state index contributed by atoms with van der Waals surface area (Å²) < 4.78 is 13.5. The van der Waals surface area contributed by atoms with Crippen LogP contribution in [0.1, 0.15) is 0 Å². The zero-order valence-corrected chi connectivity index (χ0v) is 23.4. The number of rotatable bonds is 6. The molecule has 0 aliphatic rings. The minimum absolute atomic E-state index is 0. The maximum Gasteiger partial charge on any atom is 3.00 e. The molecule has 0 bridgehead atoms. The summed E-state index contributed by atoms with van der Waals surface area (Å²) in [4.78, 5) is 12.7. The molecule has 0 aliphatic carbocycles. The summed E-state index contributed by atoms with van der Waals surface area (Å²) in [6.45, 7) is 0. The molecule has 3 aromatic carbocycles. The Morgan fingerprint density at radius 2 is 1.31 bits per heavy atom. The number of benzene rings is 3. The van der Waals surface area contributed by atoms with Crippen molar-refractivity contribution in [2.75, 3.05) is 0 Å². The van der Waals surface area contributed by atoms with Crippen LogP contribution in [0.3, 0.4) is 0 Å². The van der Waals surface area contributed by atoms with E-state index in [0.717, 1.165) is 22.6 Å². The molecule has 0 saturated carbocycles. The number of pyridine rings is 2. The van der Waals surface area contributed by atoms with Gasteiger partial charge in [-0.3, -0.25) is 4.98 Å². The van der Waals surface area contributed by atoms with E-state index in [2.05, 4.69) is 33.2 Å². The van der Waals surface area contributed by atoms with Gasteiger partial charge in [-0.1, -0.05) is 30.3 Å². The first-order chi connectivity index (χ1) is 18.7. The maximum atomic E-state index is 5.89. The molecule has 6 aromatic rings. The Morgan fingerprint density at radius 1 is 0.615 bits per heavy atom. The molecule has 0 aliphatic heterocycles. The summed E-state index contributed by atoms with van der Waals surface area (Å²) >= 11 is 0. The van der Waals surface area contributed by atoms with Crippen molar-refractivity contribution in [3.63, 3.8) is 0 Å². The fourth-order valence-electron chi connectivity index (χ4n) is 3.52. The maximum absolute atomic E-state index is 5.89. The van der Waals surface area contributed by atoms with Gasteiger partial charge in [0.1, 0.15) is 0 Å². The number of aryl methyl sites for hydroxylation is 1. The van der Waals surface area contributed by atoms with Crippen molar-refractivity contribution in [1.82, 2.24) is 19.5 Å². The van der Waals surface area contributed by atoms with E-state index >= 15 is 0 Å². The third-order valence-corrected chi connectivity index (χ3v) is 5.29. The average Bonchev–Trinajstić information content (AvgIpc) is 3.41. The van der Waals surface area contributed by atoms with Crippen LogP contribution >= 0.6 is 0 Å². The van der Waals surface area contributed by atoms with Crippen LogP contribution in [0, 0.1) is 18.2 Å². The number of hydrogen-bond donors (Lipinski definition) is 0. The van der Waals surface area contributed by atoms with Gasteiger partial charge in [0.15, 0.2) is 0 Å². The van der Waals surface area contributed by atoms with Gasteiger partial charge in [0.25, 0.3) is 0 Å². The number of imidazole rings is 1. The monoisotopic (exact) mass is 688 g/mol. The van der Waals surface area contributed by atoms with E-state index in [1.165, 1.54) is 0 Å². The zero-order valence-electron chi connectivity index (χ0n) is 21.0. The Labute approximate surface area is 241 Å². The van der Waals surface area contributed by atoms with Crippen LogP contribution in [0.15, 0.2) is 122 Å². The van der Waals surface area contributed by atoms with Crippen molar-refractivity contribution in [3.05, 3.63) is 140 Å². The molecule has 0 spiro atoms. The Hall–Kier alpha value is -4.58. The van der Waals surface area contributed by atoms with Crippen LogP contribution in [0.5, 0.6) is 23.1 Å². The van der Waals surface area contributed by atoms with Gasteiger partial charge in [-0.25, -0.2) is 4.98 Å². The molecule has 6 nitrogen and oxygen atoms in total. The van der Waals surface area contributed by atoms with Gasteiger partial charge in [0.05, 0.1) is 5.82 Å². The molecule has 6 rings (SSSR count). The van der Waals surface area contributed by atoms with E-state index in [1.807, 2.05) is 103 Å². The second-order valence-electron chi connectivity index (χ2n) is 8.03. The van der Waals surface area contributed by atoms with E-state index in [4.69, 9.17) is 9.47 Å². The Balaban J connectivity index is 0.000000228. The molecule has 39 heavy (non-hydrogen) atoms. The Kier molecular flexibility index (Phi) is 9.73. The van der Waals surface area contributed by atoms with Crippen molar-refractivity contribution >= 4 is 0 Å². The van der Waals surface area contributed by atoms with Gasteiger partial charge in [-0.05, 0) is 17.8 Å². The molecule has 0 fully saturated rings. The van der Waals surface area contributed by atoms with Gasteiger partial charge in [0, 0.05) is 55.1 Å². The smallest absolute Gasteiger partial charge is 0.503 e. The van der Waals surface area contributed by atoms with Crippen LogP contribution < -0.4 is 9.47 Å². The van der Waals surface area contributed by atoms with Crippen LogP contribution in [0.25, 0.3) is 22.6 Å². The van der Waals surface area contributed by atoms with Crippen LogP contribution in [-0.4, -0.2) is 19.5 Å². The average molecular weight is 688 g/mol. The Bertz CT molecular complexity index is 1540. The van der Waals surface area contributed by atoms with Crippen molar-refractivity contribution in [2.45, 2.75) is 0 Å². The molecule has 0 radical (unpaired) electrons. The molecule has 0 unspecified atom stereocenters. The minimum atomic E-state index is 0. The molecule has 3 aromatic heterocycles. The molecule has 0 saturated heterocycles. The summed E-state index contributed by atoms with van der Waals surface area (Å²) in [5.74, 6) is 2.97. The number of hydrogen-bond acceptors (Lipinski definition) is 5. The van der Waals surface area contributed by atoms with E-state index in [-0.39, 0.29) is 20.1 Å². The summed E-state index contributed by atoms with van der Waals surface area (Å²) in [7, 11) is 1.94. The number of aromatic nitrogens is 4. The van der Waals surface area contributed by atoms with Crippen LogP contribution in [-0.2, 0) is 27.2 Å². The van der Waals surface area contributed by atoms with Crippen molar-refractivity contribution < 1.29 is 29.6 Å².